The first-order valence-corrected chi connectivity index (χ1v) is 14.1. The van der Waals surface area contributed by atoms with Gasteiger partial charge in [-0.05, 0) is 49.9 Å². The van der Waals surface area contributed by atoms with Crippen molar-refractivity contribution < 1.29 is 34.1 Å². The van der Waals surface area contributed by atoms with Crippen molar-refractivity contribution in [3.63, 3.8) is 0 Å². The highest BCUT2D eigenvalue weighted by molar-refractivity contribution is 7.99. The minimum absolute atomic E-state index is 0.0557. The number of phenolic OH excluding ortho intramolecular Hbond substituents is 1. The normalized spacial score (nSPS) is 10.9. The summed E-state index contributed by atoms with van der Waals surface area (Å²) in [6.07, 6.45) is -0.187. The van der Waals surface area contributed by atoms with Crippen LogP contribution in [-0.2, 0) is 9.53 Å². The average molecular weight is 569 g/mol. The summed E-state index contributed by atoms with van der Waals surface area (Å²) in [7, 11) is 0. The topological polar surface area (TPSA) is 134 Å². The molecule has 0 radical (unpaired) electrons. The lowest BCUT2D eigenvalue weighted by atomic mass is 10.0. The number of carboxylic acid groups (broad SMARTS) is 1. The van der Waals surface area contributed by atoms with E-state index in [0.29, 0.717) is 40.9 Å². The molecule has 0 bridgehead atoms. The van der Waals surface area contributed by atoms with Gasteiger partial charge >= 0.3 is 12.1 Å². The zero-order valence-electron chi connectivity index (χ0n) is 23.2. The molecule has 9 nitrogen and oxygen atoms in total. The number of phenols is 1. The van der Waals surface area contributed by atoms with Gasteiger partial charge in [-0.15, -0.1) is 11.8 Å². The molecule has 3 rings (SSSR count). The number of thioether (sulfide) groups is 1. The Morgan fingerprint density at radius 2 is 1.85 bits per heavy atom. The number of fused-ring (bicyclic) bond motifs is 1. The van der Waals surface area contributed by atoms with Crippen molar-refractivity contribution in [3.8, 4) is 11.5 Å². The molecule has 0 saturated heterocycles. The van der Waals surface area contributed by atoms with Crippen LogP contribution in [0.25, 0.3) is 10.8 Å². The Kier molecular flexibility index (Phi) is 11.1. The van der Waals surface area contributed by atoms with Crippen molar-refractivity contribution in [1.82, 2.24) is 5.32 Å². The van der Waals surface area contributed by atoms with Gasteiger partial charge in [-0.25, -0.2) is 4.79 Å². The first kappa shape index (κ1) is 30.6. The summed E-state index contributed by atoms with van der Waals surface area (Å²) in [5.41, 5.74) is 2.64. The third-order valence-electron chi connectivity index (χ3n) is 5.89. The van der Waals surface area contributed by atoms with Crippen LogP contribution in [0.1, 0.15) is 48.2 Å². The lowest BCUT2D eigenvalue weighted by Crippen LogP contribution is -2.25. The predicted octanol–water partition coefficient (Wildman–Crippen LogP) is 6.13. The Morgan fingerprint density at radius 3 is 2.55 bits per heavy atom. The molecule has 10 heteroatoms. The third-order valence-corrected chi connectivity index (χ3v) is 6.94. The predicted molar refractivity (Wildman–Crippen MR) is 157 cm³/mol. The maximum absolute atomic E-state index is 13.1. The second-order valence-corrected chi connectivity index (χ2v) is 11.0. The fourth-order valence-corrected chi connectivity index (χ4v) is 5.03. The Labute approximate surface area is 238 Å². The van der Waals surface area contributed by atoms with Crippen LogP contribution in [0.3, 0.4) is 0 Å². The largest absolute Gasteiger partial charge is 0.506 e. The molecule has 0 fully saturated rings. The van der Waals surface area contributed by atoms with E-state index in [9.17, 15) is 19.5 Å². The van der Waals surface area contributed by atoms with Crippen LogP contribution < -0.4 is 15.4 Å². The number of nitrogens with one attached hydrogen (secondary N) is 2. The fraction of sp³-hybridized carbons (Fsp3) is 0.367. The maximum Gasteiger partial charge on any atom is 0.411 e. The molecule has 0 aliphatic heterocycles. The van der Waals surface area contributed by atoms with Gasteiger partial charge in [-0.2, -0.15) is 0 Å². The Morgan fingerprint density at radius 1 is 1.07 bits per heavy atom. The van der Waals surface area contributed by atoms with Crippen LogP contribution in [-0.4, -0.2) is 53.7 Å². The summed E-state index contributed by atoms with van der Waals surface area (Å²) in [6.45, 7) is 8.81. The van der Waals surface area contributed by atoms with Crippen molar-refractivity contribution in [2.75, 3.05) is 30.8 Å². The number of carbonyl (C=O) groups is 3. The zero-order chi connectivity index (χ0) is 29.2. The first-order valence-electron chi connectivity index (χ1n) is 13.1. The Bertz CT molecular complexity index is 1370. The van der Waals surface area contributed by atoms with E-state index >= 15 is 0 Å². The molecule has 2 amide bonds. The molecule has 0 aliphatic rings. The molecular weight excluding hydrogens is 532 g/mol. The number of carbonyl (C=O) groups excluding carboxylic acids is 2. The lowest BCUT2D eigenvalue weighted by molar-refractivity contribution is -0.136. The van der Waals surface area contributed by atoms with E-state index in [1.807, 2.05) is 45.9 Å². The second kappa shape index (κ2) is 14.5. The van der Waals surface area contributed by atoms with Crippen molar-refractivity contribution in [3.05, 3.63) is 59.2 Å². The standard InChI is InChI=1S/C30H36N2O7S/c1-18(2)17-39-30(37)32-23-8-5-7-21-27(23)25(40-14-11-26(33)34)16-22(28(21)35)29(36)31-12-6-13-38-24-10-9-19(3)15-20(24)4/h5,7-10,15-16,18,35H,6,11-14,17H2,1-4H3,(H,31,36)(H,32,37)(H,33,34). The van der Waals surface area contributed by atoms with Crippen LogP contribution in [0, 0.1) is 19.8 Å². The molecule has 0 spiro atoms. The number of benzene rings is 3. The van der Waals surface area contributed by atoms with E-state index < -0.39 is 18.0 Å². The van der Waals surface area contributed by atoms with E-state index in [4.69, 9.17) is 14.6 Å². The van der Waals surface area contributed by atoms with Crippen LogP contribution in [0.2, 0.25) is 0 Å². The summed E-state index contributed by atoms with van der Waals surface area (Å²) in [5.74, 6) is -0.472. The maximum atomic E-state index is 13.1. The molecular formula is C30H36N2O7S. The highest BCUT2D eigenvalue weighted by atomic mass is 32.2. The summed E-state index contributed by atoms with van der Waals surface area (Å²) >= 11 is 1.23. The van der Waals surface area contributed by atoms with E-state index in [0.717, 1.165) is 16.9 Å². The smallest absolute Gasteiger partial charge is 0.411 e. The van der Waals surface area contributed by atoms with Crippen LogP contribution >= 0.6 is 11.8 Å². The molecule has 3 aromatic rings. The van der Waals surface area contributed by atoms with Gasteiger partial charge in [-0.1, -0.05) is 43.7 Å². The van der Waals surface area contributed by atoms with Crippen molar-refractivity contribution in [2.45, 2.75) is 45.4 Å². The van der Waals surface area contributed by atoms with Gasteiger partial charge in [0.25, 0.3) is 5.91 Å². The summed E-state index contributed by atoms with van der Waals surface area (Å²) in [5, 5.41) is 26.5. The minimum atomic E-state index is -0.952. The number of aromatic hydroxyl groups is 1. The number of carboxylic acids is 1. The van der Waals surface area contributed by atoms with E-state index in [1.165, 1.54) is 17.8 Å². The monoisotopic (exact) mass is 568 g/mol. The lowest BCUT2D eigenvalue weighted by Gasteiger charge is -2.17. The third kappa shape index (κ3) is 8.54. The molecule has 40 heavy (non-hydrogen) atoms. The number of hydrogen-bond acceptors (Lipinski definition) is 7. The summed E-state index contributed by atoms with van der Waals surface area (Å²) in [6, 6.07) is 12.4. The molecule has 0 unspecified atom stereocenters. The van der Waals surface area contributed by atoms with Gasteiger partial charge in [0.15, 0.2) is 0 Å². The highest BCUT2D eigenvalue weighted by Crippen LogP contribution is 2.40. The molecule has 0 aromatic heterocycles. The van der Waals surface area contributed by atoms with Crippen LogP contribution in [0.5, 0.6) is 11.5 Å². The Hall–Kier alpha value is -3.92. The van der Waals surface area contributed by atoms with Gasteiger partial charge in [0.05, 0.1) is 30.9 Å². The van der Waals surface area contributed by atoms with Crippen molar-refractivity contribution >= 4 is 46.2 Å². The summed E-state index contributed by atoms with van der Waals surface area (Å²) < 4.78 is 11.1. The van der Waals surface area contributed by atoms with E-state index in [2.05, 4.69) is 10.6 Å². The fourth-order valence-electron chi connectivity index (χ4n) is 3.97. The van der Waals surface area contributed by atoms with Crippen molar-refractivity contribution in [2.24, 2.45) is 5.92 Å². The number of aryl methyl sites for hydroxylation is 2. The molecule has 0 aliphatic carbocycles. The Balaban J connectivity index is 1.78. The van der Waals surface area contributed by atoms with Gasteiger partial charge in [-0.3, -0.25) is 14.9 Å². The van der Waals surface area contributed by atoms with E-state index in [-0.39, 0.29) is 36.0 Å². The first-order chi connectivity index (χ1) is 19.1. The van der Waals surface area contributed by atoms with Crippen molar-refractivity contribution in [1.29, 1.82) is 0 Å². The van der Waals surface area contributed by atoms with E-state index in [1.54, 1.807) is 18.2 Å². The number of ether oxygens (including phenoxy) is 2. The number of rotatable bonds is 13. The number of anilines is 1. The number of aliphatic carboxylic acids is 1. The summed E-state index contributed by atoms with van der Waals surface area (Å²) in [4.78, 5) is 37.1. The van der Waals surface area contributed by atoms with Crippen LogP contribution in [0.15, 0.2) is 47.4 Å². The molecule has 214 valence electrons. The minimum Gasteiger partial charge on any atom is -0.506 e. The number of amides is 2. The molecule has 0 heterocycles. The molecule has 0 atom stereocenters. The molecule has 3 aromatic carbocycles. The van der Waals surface area contributed by atoms with Gasteiger partial charge in [0.2, 0.25) is 0 Å². The second-order valence-electron chi connectivity index (χ2n) is 9.84. The average Bonchev–Trinajstić information content (AvgIpc) is 2.89. The SMILES string of the molecule is Cc1ccc(OCCCNC(=O)c2cc(SCCC(=O)O)c3c(NC(=O)OCC(C)C)cccc3c2O)c(C)c1. The zero-order valence-corrected chi connectivity index (χ0v) is 24.0. The van der Waals surface area contributed by atoms with Crippen LogP contribution in [0.4, 0.5) is 10.5 Å². The molecule has 0 saturated carbocycles. The highest BCUT2D eigenvalue weighted by Gasteiger charge is 2.20. The van der Waals surface area contributed by atoms with Gasteiger partial charge in [0.1, 0.15) is 11.5 Å². The van der Waals surface area contributed by atoms with Gasteiger partial charge < -0.3 is 25.0 Å². The quantitative estimate of drug-likeness (QED) is 0.143. The molecule has 4 N–H and O–H groups in total. The number of hydrogen-bond donors (Lipinski definition) is 4. The van der Waals surface area contributed by atoms with Gasteiger partial charge in [0, 0.05) is 28.0 Å².